The van der Waals surface area contributed by atoms with Gasteiger partial charge in [0.2, 0.25) is 0 Å². The van der Waals surface area contributed by atoms with Crippen LogP contribution in [0.1, 0.15) is 153 Å². The van der Waals surface area contributed by atoms with Gasteiger partial charge in [0.1, 0.15) is 11.9 Å². The first-order valence-corrected chi connectivity index (χ1v) is 25.3. The van der Waals surface area contributed by atoms with Crippen LogP contribution in [-0.2, 0) is 32.0 Å². The first-order valence-electron chi connectivity index (χ1n) is 25.3. The number of allylic oxidation sites excluding steroid dienone is 2. The number of rotatable bonds is 10. The molecule has 0 radical (unpaired) electrons. The molecule has 0 amide bonds. The van der Waals surface area contributed by atoms with E-state index in [0.717, 1.165) is 93.2 Å². The molecule has 344 valence electrons. The molecule has 1 aromatic carbocycles. The Morgan fingerprint density at radius 1 is 0.984 bits per heavy atom. The number of aliphatic hydroxyl groups excluding tert-OH is 1. The number of nitrogens with one attached hydrogen (secondary N) is 1. The van der Waals surface area contributed by atoms with Gasteiger partial charge in [0.25, 0.3) is 0 Å². The van der Waals surface area contributed by atoms with Gasteiger partial charge in [-0.2, -0.15) is 0 Å². The minimum Gasteiger partial charge on any atom is -0.390 e. The summed E-state index contributed by atoms with van der Waals surface area (Å²) < 4.78 is 14.1. The number of ether oxygens (including phenoxy) is 2. The van der Waals surface area contributed by atoms with Crippen molar-refractivity contribution in [2.45, 2.75) is 174 Å². The van der Waals surface area contributed by atoms with Crippen LogP contribution < -0.4 is 0 Å². The van der Waals surface area contributed by atoms with Crippen molar-refractivity contribution in [3.05, 3.63) is 82.2 Å². The average Bonchev–Trinajstić information content (AvgIpc) is 3.79. The van der Waals surface area contributed by atoms with Gasteiger partial charge in [-0.25, -0.2) is 0 Å². The van der Waals surface area contributed by atoms with Crippen molar-refractivity contribution in [3.8, 4) is 0 Å². The van der Waals surface area contributed by atoms with E-state index in [1.807, 2.05) is 20.0 Å². The van der Waals surface area contributed by atoms with Crippen molar-refractivity contribution in [3.63, 3.8) is 0 Å². The number of aryl methyl sites for hydroxylation is 1. The third-order valence-corrected chi connectivity index (χ3v) is 20.1. The van der Waals surface area contributed by atoms with Crippen LogP contribution in [0.3, 0.4) is 0 Å². The number of Topliss-reactive ketones (excluding diaryl/α,β-unsaturated/α-hetero) is 2. The Morgan fingerprint density at radius 3 is 2.47 bits per heavy atom. The molecule has 2 bridgehead atoms. The largest absolute Gasteiger partial charge is 0.390 e. The standard InChI is InChI=1S/C56H74N2O6/c1-33-25-35(28-37(26-33)36-16-23-63-24-17-36)29-38-31-58(41-15-22-57-48(38)41)32-40-47-46(34(2)27-42(59)49-51(3,4)64-49)43(60)30-55(47)18-10-19-56(40,62)50-52(5)20-14-45(61)54(7,39-11-8-9-12-39)44(52)13-21-53(50,55)6/h10,15,19,22,25-26,28,31,34,36,39-40,42,44,49-50,57,59,62H,8-9,11-14,16-18,20-21,23-24,27,29-30,32H2,1-7H3. The normalized spacial score (nSPS) is 39.3. The number of aromatic nitrogens is 2. The van der Waals surface area contributed by atoms with Crippen molar-refractivity contribution in [2.24, 2.45) is 51.2 Å². The van der Waals surface area contributed by atoms with E-state index >= 15 is 4.79 Å². The van der Waals surface area contributed by atoms with Crippen molar-refractivity contribution in [2.75, 3.05) is 13.2 Å². The lowest BCUT2D eigenvalue weighted by Crippen LogP contribution is -2.72. The van der Waals surface area contributed by atoms with Crippen LogP contribution in [0.2, 0.25) is 0 Å². The molecule has 8 heteroatoms. The Labute approximate surface area is 381 Å². The molecule has 4 saturated carbocycles. The summed E-state index contributed by atoms with van der Waals surface area (Å²) in [7, 11) is 0. The van der Waals surface area contributed by atoms with Crippen LogP contribution in [-0.4, -0.2) is 68.0 Å². The second kappa shape index (κ2) is 14.8. The SMILES string of the molecule is Cc1cc(Cc2cn(CC3C4=C(C(C)CC(O)C5OC5(C)C)C(=O)CC45CC=CC3(O)C3C4(C)CCC(=O)C(C)(C6CCCC6)C4CCC35C)c3cc[nH]c23)cc(C2CCOCC2)c1. The predicted molar refractivity (Wildman–Crippen MR) is 250 cm³/mol. The molecule has 6 fully saturated rings. The molecular formula is C56H74N2O6. The number of hydrogen-bond acceptors (Lipinski definition) is 6. The Hall–Kier alpha value is -3.30. The third-order valence-electron chi connectivity index (χ3n) is 20.1. The van der Waals surface area contributed by atoms with Crippen LogP contribution in [0.4, 0.5) is 0 Å². The van der Waals surface area contributed by atoms with Gasteiger partial charge in [0, 0.05) is 74.1 Å². The molecule has 4 heterocycles. The van der Waals surface area contributed by atoms with E-state index in [2.05, 4.69) is 86.8 Å². The quantitative estimate of drug-likeness (QED) is 0.138. The molecular weight excluding hydrogens is 797 g/mol. The highest BCUT2D eigenvalue weighted by atomic mass is 16.6. The van der Waals surface area contributed by atoms with Gasteiger partial charge in [-0.15, -0.1) is 0 Å². The second-order valence-corrected chi connectivity index (χ2v) is 23.9. The number of ketones is 2. The highest BCUT2D eigenvalue weighted by Crippen LogP contribution is 2.79. The number of H-pyrrole nitrogens is 1. The predicted octanol–water partition coefficient (Wildman–Crippen LogP) is 10.5. The molecule has 2 aliphatic heterocycles. The summed E-state index contributed by atoms with van der Waals surface area (Å²) in [4.78, 5) is 33.3. The number of carbonyl (C=O) groups excluding carboxylic acids is 2. The highest BCUT2D eigenvalue weighted by molar-refractivity contribution is 6.01. The molecule has 7 aliphatic carbocycles. The number of epoxide rings is 1. The van der Waals surface area contributed by atoms with Crippen molar-refractivity contribution < 1.29 is 29.3 Å². The van der Waals surface area contributed by atoms with Crippen LogP contribution in [0.5, 0.6) is 0 Å². The third kappa shape index (κ3) is 6.12. The summed E-state index contributed by atoms with van der Waals surface area (Å²) >= 11 is 0. The number of hydrogen-bond donors (Lipinski definition) is 3. The molecule has 2 aromatic heterocycles. The molecule has 2 saturated heterocycles. The van der Waals surface area contributed by atoms with Gasteiger partial charge < -0.3 is 29.2 Å². The van der Waals surface area contributed by atoms with E-state index in [1.54, 1.807) is 0 Å². The zero-order chi connectivity index (χ0) is 44.8. The van der Waals surface area contributed by atoms with Gasteiger partial charge >= 0.3 is 0 Å². The summed E-state index contributed by atoms with van der Waals surface area (Å²) in [5.74, 6) is 0.995. The first-order chi connectivity index (χ1) is 30.4. The van der Waals surface area contributed by atoms with Crippen molar-refractivity contribution in [1.82, 2.24) is 9.55 Å². The number of nitrogens with zero attached hydrogens (tertiary/aromatic N) is 1. The van der Waals surface area contributed by atoms with E-state index < -0.39 is 22.5 Å². The number of aliphatic hydroxyl groups is 2. The average molecular weight is 871 g/mol. The number of fused-ring (bicyclic) bond motifs is 3. The van der Waals surface area contributed by atoms with E-state index in [0.29, 0.717) is 43.4 Å². The van der Waals surface area contributed by atoms with E-state index in [9.17, 15) is 15.0 Å². The fraction of sp³-hybridized carbons (Fsp3) is 0.679. The lowest BCUT2D eigenvalue weighted by Gasteiger charge is -2.72. The topological polar surface area (TPSA) is 117 Å². The van der Waals surface area contributed by atoms with Gasteiger partial charge in [-0.1, -0.05) is 76.5 Å². The van der Waals surface area contributed by atoms with Crippen LogP contribution in [0.25, 0.3) is 11.0 Å². The monoisotopic (exact) mass is 871 g/mol. The van der Waals surface area contributed by atoms with E-state index in [-0.39, 0.29) is 52.0 Å². The van der Waals surface area contributed by atoms with Crippen molar-refractivity contribution in [1.29, 1.82) is 0 Å². The number of benzene rings is 1. The summed E-state index contributed by atoms with van der Waals surface area (Å²) in [6, 6.07) is 9.28. The lowest BCUT2D eigenvalue weighted by molar-refractivity contribution is -0.249. The van der Waals surface area contributed by atoms with Crippen LogP contribution in [0, 0.1) is 58.2 Å². The second-order valence-electron chi connectivity index (χ2n) is 23.9. The maximum Gasteiger partial charge on any atom is 0.160 e. The Bertz CT molecular complexity index is 2440. The fourth-order valence-electron chi connectivity index (χ4n) is 17.4. The summed E-state index contributed by atoms with van der Waals surface area (Å²) in [6.45, 7) is 17.8. The molecule has 9 aliphatic rings. The van der Waals surface area contributed by atoms with Gasteiger partial charge in [-0.05, 0) is 147 Å². The molecule has 11 atom stereocenters. The van der Waals surface area contributed by atoms with Crippen LogP contribution in [0.15, 0.2) is 60.0 Å². The minimum atomic E-state index is -1.27. The Morgan fingerprint density at radius 2 is 1.73 bits per heavy atom. The number of carbonyl (C=O) groups is 2. The molecule has 64 heavy (non-hydrogen) atoms. The Kier molecular flexibility index (Phi) is 10.0. The van der Waals surface area contributed by atoms with Gasteiger partial charge in [0.05, 0.1) is 28.3 Å². The van der Waals surface area contributed by atoms with Crippen molar-refractivity contribution >= 4 is 22.6 Å². The van der Waals surface area contributed by atoms with Gasteiger partial charge in [0.15, 0.2) is 5.78 Å². The first kappa shape index (κ1) is 43.3. The van der Waals surface area contributed by atoms with E-state index in [4.69, 9.17) is 9.47 Å². The lowest BCUT2D eigenvalue weighted by atomic mass is 9.31. The molecule has 8 nitrogen and oxygen atoms in total. The number of aromatic amines is 1. The maximum absolute atomic E-state index is 15.2. The smallest absolute Gasteiger partial charge is 0.160 e. The molecule has 11 unspecified atom stereocenters. The fourth-order valence-corrected chi connectivity index (χ4v) is 17.4. The van der Waals surface area contributed by atoms with E-state index in [1.165, 1.54) is 35.1 Å². The molecule has 1 spiro atoms. The highest BCUT2D eigenvalue weighted by Gasteiger charge is 2.77. The molecule has 3 N–H and O–H groups in total. The minimum absolute atomic E-state index is 0.145. The summed E-state index contributed by atoms with van der Waals surface area (Å²) in [5, 5.41) is 26.0. The zero-order valence-electron chi connectivity index (χ0n) is 39.7. The summed E-state index contributed by atoms with van der Waals surface area (Å²) in [6.07, 6.45) is 20.2. The summed E-state index contributed by atoms with van der Waals surface area (Å²) in [5.41, 5.74) is 6.26. The Balaban J connectivity index is 1.04. The zero-order valence-corrected chi connectivity index (χ0v) is 39.7. The van der Waals surface area contributed by atoms with Gasteiger partial charge in [-0.3, -0.25) is 9.59 Å². The molecule has 3 aromatic rings. The maximum atomic E-state index is 15.2. The van der Waals surface area contributed by atoms with Crippen LogP contribution >= 0.6 is 0 Å². The molecule has 12 rings (SSSR count).